The highest BCUT2D eigenvalue weighted by Crippen LogP contribution is 2.21. The molecule has 3 aromatic rings. The molecule has 2 aromatic carbocycles. The lowest BCUT2D eigenvalue weighted by molar-refractivity contribution is 0.0793. The number of amides is 3. The maximum atomic E-state index is 12.5. The van der Waals surface area contributed by atoms with Crippen molar-refractivity contribution in [1.29, 1.82) is 0 Å². The van der Waals surface area contributed by atoms with E-state index < -0.39 is 0 Å². The quantitative estimate of drug-likeness (QED) is 0.608. The van der Waals surface area contributed by atoms with Crippen LogP contribution in [0.5, 0.6) is 0 Å². The first-order chi connectivity index (χ1) is 15.9. The van der Waals surface area contributed by atoms with Crippen LogP contribution in [0.1, 0.15) is 40.2 Å². The standard InChI is InChI=1S/C25H29N5O3/c1-17-7-6-8-21(18(17)2)26-25(32)29(3)16-13-22-27-23(33-28-22)19-9-11-20(12-10-19)24(31)30-14-4-5-15-30/h6-12H,4-5,13-16H2,1-3H3,(H,26,32). The zero-order valence-electron chi connectivity index (χ0n) is 19.3. The van der Waals surface area contributed by atoms with Crippen LogP contribution in [-0.2, 0) is 6.42 Å². The third-order valence-electron chi connectivity index (χ3n) is 6.10. The third kappa shape index (κ3) is 5.22. The van der Waals surface area contributed by atoms with Gasteiger partial charge in [-0.2, -0.15) is 4.98 Å². The summed E-state index contributed by atoms with van der Waals surface area (Å²) in [7, 11) is 1.73. The number of urea groups is 1. The van der Waals surface area contributed by atoms with E-state index in [0.29, 0.717) is 30.2 Å². The van der Waals surface area contributed by atoms with E-state index in [-0.39, 0.29) is 11.9 Å². The fraction of sp³-hybridized carbons (Fsp3) is 0.360. The minimum absolute atomic E-state index is 0.0624. The van der Waals surface area contributed by atoms with Gasteiger partial charge in [-0.25, -0.2) is 4.79 Å². The maximum Gasteiger partial charge on any atom is 0.321 e. The summed E-state index contributed by atoms with van der Waals surface area (Å²) in [6, 6.07) is 12.9. The fourth-order valence-corrected chi connectivity index (χ4v) is 3.80. The van der Waals surface area contributed by atoms with E-state index in [0.717, 1.165) is 48.3 Å². The maximum absolute atomic E-state index is 12.5. The monoisotopic (exact) mass is 447 g/mol. The molecule has 0 aliphatic carbocycles. The molecule has 172 valence electrons. The predicted octanol–water partition coefficient (Wildman–Crippen LogP) is 4.30. The topological polar surface area (TPSA) is 91.6 Å². The van der Waals surface area contributed by atoms with Crippen molar-refractivity contribution in [2.75, 3.05) is 32.0 Å². The molecular formula is C25H29N5O3. The van der Waals surface area contributed by atoms with Crippen LogP contribution >= 0.6 is 0 Å². The number of carbonyl (C=O) groups excluding carboxylic acids is 2. The van der Waals surface area contributed by atoms with Crippen LogP contribution in [0.2, 0.25) is 0 Å². The Morgan fingerprint density at radius 1 is 1.09 bits per heavy atom. The molecule has 1 N–H and O–H groups in total. The highest BCUT2D eigenvalue weighted by atomic mass is 16.5. The number of aromatic nitrogens is 2. The highest BCUT2D eigenvalue weighted by Gasteiger charge is 2.20. The highest BCUT2D eigenvalue weighted by molar-refractivity contribution is 5.94. The molecule has 33 heavy (non-hydrogen) atoms. The predicted molar refractivity (Wildman–Crippen MR) is 126 cm³/mol. The van der Waals surface area contributed by atoms with Crippen molar-refractivity contribution < 1.29 is 14.1 Å². The van der Waals surface area contributed by atoms with Crippen LogP contribution in [0.4, 0.5) is 10.5 Å². The lowest BCUT2D eigenvalue weighted by Crippen LogP contribution is -2.33. The zero-order valence-corrected chi connectivity index (χ0v) is 19.3. The van der Waals surface area contributed by atoms with Gasteiger partial charge in [-0.05, 0) is 68.1 Å². The van der Waals surface area contributed by atoms with Crippen molar-refractivity contribution in [3.05, 3.63) is 65.0 Å². The van der Waals surface area contributed by atoms with Crippen LogP contribution in [0.15, 0.2) is 47.0 Å². The SMILES string of the molecule is Cc1cccc(NC(=O)N(C)CCc2noc(-c3ccc(C(=O)N4CCCC4)cc3)n2)c1C. The molecule has 0 atom stereocenters. The second-order valence-corrected chi connectivity index (χ2v) is 8.44. The van der Waals surface area contributed by atoms with E-state index >= 15 is 0 Å². The van der Waals surface area contributed by atoms with Crippen molar-refractivity contribution >= 4 is 17.6 Å². The van der Waals surface area contributed by atoms with Gasteiger partial charge in [0.1, 0.15) is 0 Å². The molecule has 0 bridgehead atoms. The largest absolute Gasteiger partial charge is 0.339 e. The van der Waals surface area contributed by atoms with Gasteiger partial charge in [0, 0.05) is 49.9 Å². The number of nitrogens with one attached hydrogen (secondary N) is 1. The Hall–Kier alpha value is -3.68. The van der Waals surface area contributed by atoms with Crippen LogP contribution < -0.4 is 5.32 Å². The molecule has 0 saturated carbocycles. The molecule has 1 aromatic heterocycles. The summed E-state index contributed by atoms with van der Waals surface area (Å²) in [6.45, 7) is 6.09. The summed E-state index contributed by atoms with van der Waals surface area (Å²) >= 11 is 0. The lowest BCUT2D eigenvalue weighted by atomic mass is 10.1. The average Bonchev–Trinajstić information content (AvgIpc) is 3.53. The molecule has 1 fully saturated rings. The van der Waals surface area contributed by atoms with Crippen LogP contribution in [0, 0.1) is 13.8 Å². The van der Waals surface area contributed by atoms with Gasteiger partial charge >= 0.3 is 6.03 Å². The zero-order chi connectivity index (χ0) is 23.4. The molecule has 1 aliphatic rings. The summed E-state index contributed by atoms with van der Waals surface area (Å²) < 4.78 is 5.39. The number of likely N-dealkylation sites (tertiary alicyclic amines) is 1. The summed E-state index contributed by atoms with van der Waals surface area (Å²) in [6.07, 6.45) is 2.60. The molecule has 2 heterocycles. The molecule has 8 nitrogen and oxygen atoms in total. The van der Waals surface area contributed by atoms with Gasteiger partial charge in [0.2, 0.25) is 0 Å². The Balaban J connectivity index is 1.32. The number of nitrogens with zero attached hydrogens (tertiary/aromatic N) is 4. The lowest BCUT2D eigenvalue weighted by Gasteiger charge is -2.18. The van der Waals surface area contributed by atoms with Crippen molar-refractivity contribution in [3.8, 4) is 11.5 Å². The second kappa shape index (κ2) is 9.85. The summed E-state index contributed by atoms with van der Waals surface area (Å²) in [5, 5.41) is 6.98. The van der Waals surface area contributed by atoms with E-state index in [1.54, 1.807) is 24.1 Å². The molecule has 4 rings (SSSR count). The molecule has 3 amide bonds. The Labute approximate surface area is 193 Å². The van der Waals surface area contributed by atoms with Crippen molar-refractivity contribution in [2.45, 2.75) is 33.1 Å². The molecular weight excluding hydrogens is 418 g/mol. The normalized spacial score (nSPS) is 13.2. The van der Waals surface area contributed by atoms with E-state index in [4.69, 9.17) is 4.52 Å². The Kier molecular flexibility index (Phi) is 6.72. The van der Waals surface area contributed by atoms with Gasteiger partial charge in [0.25, 0.3) is 11.8 Å². The number of rotatable bonds is 6. The number of hydrogen-bond acceptors (Lipinski definition) is 5. The molecule has 0 spiro atoms. The Morgan fingerprint density at radius 2 is 1.82 bits per heavy atom. The Bertz CT molecular complexity index is 1130. The Morgan fingerprint density at radius 3 is 2.55 bits per heavy atom. The molecule has 8 heteroatoms. The summed E-state index contributed by atoms with van der Waals surface area (Å²) in [5.74, 6) is 0.980. The fourth-order valence-electron chi connectivity index (χ4n) is 3.80. The molecule has 1 aliphatic heterocycles. The number of anilines is 1. The second-order valence-electron chi connectivity index (χ2n) is 8.44. The van der Waals surface area contributed by atoms with Crippen molar-refractivity contribution in [2.24, 2.45) is 0 Å². The smallest absolute Gasteiger partial charge is 0.321 e. The molecule has 0 radical (unpaired) electrons. The number of hydrogen-bond donors (Lipinski definition) is 1. The van der Waals surface area contributed by atoms with Gasteiger partial charge in [-0.15, -0.1) is 0 Å². The summed E-state index contributed by atoms with van der Waals surface area (Å²) in [5.41, 5.74) is 4.41. The number of aryl methyl sites for hydroxylation is 1. The van der Waals surface area contributed by atoms with Crippen molar-refractivity contribution in [3.63, 3.8) is 0 Å². The van der Waals surface area contributed by atoms with Gasteiger partial charge in [-0.1, -0.05) is 17.3 Å². The third-order valence-corrected chi connectivity index (χ3v) is 6.10. The molecule has 0 unspecified atom stereocenters. The number of benzene rings is 2. The average molecular weight is 448 g/mol. The minimum Gasteiger partial charge on any atom is -0.339 e. The van der Waals surface area contributed by atoms with Gasteiger partial charge in [-0.3, -0.25) is 4.79 Å². The number of carbonyl (C=O) groups is 2. The van der Waals surface area contributed by atoms with Gasteiger partial charge < -0.3 is 19.6 Å². The first-order valence-electron chi connectivity index (χ1n) is 11.2. The summed E-state index contributed by atoms with van der Waals surface area (Å²) in [4.78, 5) is 32.9. The van der Waals surface area contributed by atoms with Gasteiger partial charge in [0.15, 0.2) is 5.82 Å². The van der Waals surface area contributed by atoms with Crippen LogP contribution in [0.25, 0.3) is 11.5 Å². The minimum atomic E-state index is -0.189. The van der Waals surface area contributed by atoms with Crippen molar-refractivity contribution in [1.82, 2.24) is 19.9 Å². The van der Waals surface area contributed by atoms with E-state index in [1.807, 2.05) is 49.1 Å². The van der Waals surface area contributed by atoms with Crippen LogP contribution in [0.3, 0.4) is 0 Å². The van der Waals surface area contributed by atoms with Crippen LogP contribution in [-0.4, -0.2) is 58.6 Å². The first kappa shape index (κ1) is 22.5. The van der Waals surface area contributed by atoms with Gasteiger partial charge in [0.05, 0.1) is 0 Å². The molecule has 1 saturated heterocycles. The first-order valence-corrected chi connectivity index (χ1v) is 11.2. The van der Waals surface area contributed by atoms with E-state index in [9.17, 15) is 9.59 Å². The number of likely N-dealkylation sites (N-methyl/N-ethyl adjacent to an activating group) is 1. The van der Waals surface area contributed by atoms with E-state index in [1.165, 1.54) is 0 Å². The van der Waals surface area contributed by atoms with E-state index in [2.05, 4.69) is 15.5 Å².